The molecular weight excluding hydrogens is 254 g/mol. The summed E-state index contributed by atoms with van der Waals surface area (Å²) >= 11 is 7.24. The molecule has 1 saturated carbocycles. The van der Waals surface area contributed by atoms with Crippen molar-refractivity contribution in [1.29, 1.82) is 0 Å². The van der Waals surface area contributed by atoms with Crippen LogP contribution >= 0.6 is 22.9 Å². The van der Waals surface area contributed by atoms with Gasteiger partial charge in [0.25, 0.3) is 0 Å². The molecule has 0 radical (unpaired) electrons. The minimum atomic E-state index is 0.213. The van der Waals surface area contributed by atoms with Crippen LogP contribution in [0.3, 0.4) is 0 Å². The Hall–Kier alpha value is -0.380. The van der Waals surface area contributed by atoms with Crippen molar-refractivity contribution >= 4 is 28.7 Å². The fourth-order valence-corrected chi connectivity index (χ4v) is 2.89. The van der Waals surface area contributed by atoms with Crippen LogP contribution in [0, 0.1) is 0 Å². The zero-order valence-corrected chi connectivity index (χ0v) is 11.7. The van der Waals surface area contributed by atoms with Crippen molar-refractivity contribution < 1.29 is 4.79 Å². The van der Waals surface area contributed by atoms with Gasteiger partial charge in [-0.1, -0.05) is 24.9 Å². The summed E-state index contributed by atoms with van der Waals surface area (Å²) in [5, 5.41) is 0. The van der Waals surface area contributed by atoms with Crippen LogP contribution in [0.1, 0.15) is 42.3 Å². The predicted molar refractivity (Wildman–Crippen MR) is 73.2 cm³/mol. The Labute approximate surface area is 112 Å². The molecule has 0 amide bonds. The van der Waals surface area contributed by atoms with Crippen LogP contribution < -0.4 is 0 Å². The van der Waals surface area contributed by atoms with Crippen molar-refractivity contribution in [2.24, 2.45) is 0 Å². The predicted octanol–water partition coefficient (Wildman–Crippen LogP) is 3.85. The Kier molecular flexibility index (Phi) is 4.60. The lowest BCUT2D eigenvalue weighted by molar-refractivity contribution is 0.0927. The summed E-state index contributed by atoms with van der Waals surface area (Å²) in [6.45, 7) is 3.79. The molecule has 1 aromatic heterocycles. The molecule has 0 spiro atoms. The molecule has 0 N–H and O–H groups in total. The summed E-state index contributed by atoms with van der Waals surface area (Å²) in [7, 11) is 0. The van der Waals surface area contributed by atoms with Gasteiger partial charge in [0.1, 0.15) is 0 Å². The quantitative estimate of drug-likeness (QED) is 0.702. The highest BCUT2D eigenvalue weighted by atomic mass is 35.5. The van der Waals surface area contributed by atoms with E-state index in [-0.39, 0.29) is 5.78 Å². The number of ketones is 1. The standard InChI is InChI=1S/C13H18ClNOS/c1-2-3-8-15(10-4-5-10)9-11(16)12-6-7-13(14)17-12/h6-7,10H,2-5,8-9H2,1H3. The molecule has 4 heteroatoms. The molecule has 0 aromatic carbocycles. The number of unbranched alkanes of at least 4 members (excludes halogenated alkanes) is 1. The first-order valence-corrected chi connectivity index (χ1v) is 7.42. The van der Waals surface area contributed by atoms with E-state index in [0.29, 0.717) is 16.9 Å². The van der Waals surface area contributed by atoms with Crippen LogP contribution in [0.2, 0.25) is 4.34 Å². The second-order valence-corrected chi connectivity index (χ2v) is 6.30. The third-order valence-corrected chi connectivity index (χ3v) is 4.33. The van der Waals surface area contributed by atoms with Crippen molar-refractivity contribution in [3.63, 3.8) is 0 Å². The number of nitrogens with zero attached hydrogens (tertiary/aromatic N) is 1. The Bertz CT molecular complexity index is 387. The Morgan fingerprint density at radius 1 is 1.53 bits per heavy atom. The smallest absolute Gasteiger partial charge is 0.186 e. The average molecular weight is 272 g/mol. The van der Waals surface area contributed by atoms with E-state index in [1.165, 1.54) is 37.0 Å². The first-order chi connectivity index (χ1) is 8.20. The molecule has 0 saturated heterocycles. The van der Waals surface area contributed by atoms with Crippen LogP contribution in [-0.2, 0) is 0 Å². The molecule has 94 valence electrons. The van der Waals surface area contributed by atoms with Gasteiger partial charge in [-0.25, -0.2) is 0 Å². The maximum atomic E-state index is 12.1. The lowest BCUT2D eigenvalue weighted by atomic mass is 10.2. The molecule has 2 rings (SSSR count). The number of carbonyl (C=O) groups excluding carboxylic acids is 1. The van der Waals surface area contributed by atoms with Crippen LogP contribution in [0.5, 0.6) is 0 Å². The zero-order chi connectivity index (χ0) is 12.3. The minimum absolute atomic E-state index is 0.213. The molecule has 2 nitrogen and oxygen atoms in total. The van der Waals surface area contributed by atoms with Crippen LogP contribution in [0.4, 0.5) is 0 Å². The number of hydrogen-bond acceptors (Lipinski definition) is 3. The number of Topliss-reactive ketones (excluding diaryl/α,β-unsaturated/α-hetero) is 1. The monoisotopic (exact) mass is 271 g/mol. The first-order valence-electron chi connectivity index (χ1n) is 6.23. The highest BCUT2D eigenvalue weighted by Crippen LogP contribution is 2.28. The molecule has 0 aliphatic heterocycles. The molecule has 1 fully saturated rings. The van der Waals surface area contributed by atoms with Gasteiger partial charge in [-0.05, 0) is 37.9 Å². The van der Waals surface area contributed by atoms with Gasteiger partial charge in [-0.15, -0.1) is 11.3 Å². The molecule has 0 atom stereocenters. The van der Waals surface area contributed by atoms with Crippen LogP contribution in [0.25, 0.3) is 0 Å². The van der Waals surface area contributed by atoms with Crippen molar-refractivity contribution in [2.45, 2.75) is 38.6 Å². The number of rotatable bonds is 7. The van der Waals surface area contributed by atoms with E-state index in [0.717, 1.165) is 11.4 Å². The van der Waals surface area contributed by atoms with Gasteiger partial charge in [0, 0.05) is 6.04 Å². The molecule has 1 heterocycles. The van der Waals surface area contributed by atoms with Crippen LogP contribution in [-0.4, -0.2) is 29.8 Å². The summed E-state index contributed by atoms with van der Waals surface area (Å²) in [5.74, 6) is 0.213. The van der Waals surface area contributed by atoms with E-state index in [1.807, 2.05) is 6.07 Å². The summed E-state index contributed by atoms with van der Waals surface area (Å²) in [6, 6.07) is 4.29. The number of halogens is 1. The lowest BCUT2D eigenvalue weighted by Gasteiger charge is -2.20. The summed E-state index contributed by atoms with van der Waals surface area (Å²) < 4.78 is 0.694. The van der Waals surface area contributed by atoms with E-state index in [9.17, 15) is 4.79 Å². The largest absolute Gasteiger partial charge is 0.293 e. The molecule has 0 unspecified atom stereocenters. The number of carbonyl (C=O) groups is 1. The highest BCUT2D eigenvalue weighted by molar-refractivity contribution is 7.18. The molecule has 1 aromatic rings. The second kappa shape index (κ2) is 5.98. The average Bonchev–Trinajstić information content (AvgIpc) is 3.06. The molecule has 1 aliphatic rings. The molecule has 1 aliphatic carbocycles. The lowest BCUT2D eigenvalue weighted by Crippen LogP contribution is -2.32. The number of hydrogen-bond donors (Lipinski definition) is 0. The maximum Gasteiger partial charge on any atom is 0.186 e. The van der Waals surface area contributed by atoms with E-state index in [2.05, 4.69) is 11.8 Å². The van der Waals surface area contributed by atoms with Crippen LogP contribution in [0.15, 0.2) is 12.1 Å². The van der Waals surface area contributed by atoms with Crippen molar-refractivity contribution in [3.8, 4) is 0 Å². The van der Waals surface area contributed by atoms with Gasteiger partial charge in [0.2, 0.25) is 0 Å². The van der Waals surface area contributed by atoms with E-state index in [1.54, 1.807) is 6.07 Å². The van der Waals surface area contributed by atoms with E-state index in [4.69, 9.17) is 11.6 Å². The SMILES string of the molecule is CCCCN(CC(=O)c1ccc(Cl)s1)C1CC1. The Balaban J connectivity index is 1.90. The fraction of sp³-hybridized carbons (Fsp3) is 0.615. The minimum Gasteiger partial charge on any atom is -0.293 e. The fourth-order valence-electron chi connectivity index (χ4n) is 1.92. The molecular formula is C13H18ClNOS. The summed E-state index contributed by atoms with van der Waals surface area (Å²) in [4.78, 5) is 15.2. The topological polar surface area (TPSA) is 20.3 Å². The zero-order valence-electron chi connectivity index (χ0n) is 10.1. The third-order valence-electron chi connectivity index (χ3n) is 3.06. The maximum absolute atomic E-state index is 12.1. The first kappa shape index (κ1) is 13.1. The van der Waals surface area contributed by atoms with E-state index >= 15 is 0 Å². The van der Waals surface area contributed by atoms with Gasteiger partial charge >= 0.3 is 0 Å². The summed E-state index contributed by atoms with van der Waals surface area (Å²) in [5.41, 5.74) is 0. The van der Waals surface area contributed by atoms with E-state index < -0.39 is 0 Å². The second-order valence-electron chi connectivity index (χ2n) is 4.58. The Morgan fingerprint density at radius 3 is 2.82 bits per heavy atom. The van der Waals surface area contributed by atoms with Crippen molar-refractivity contribution in [2.75, 3.05) is 13.1 Å². The van der Waals surface area contributed by atoms with Gasteiger partial charge in [0.15, 0.2) is 5.78 Å². The van der Waals surface area contributed by atoms with Gasteiger partial charge in [-0.3, -0.25) is 9.69 Å². The van der Waals surface area contributed by atoms with Gasteiger partial charge in [0.05, 0.1) is 15.8 Å². The van der Waals surface area contributed by atoms with Crippen molar-refractivity contribution in [1.82, 2.24) is 4.90 Å². The third kappa shape index (κ3) is 3.80. The van der Waals surface area contributed by atoms with Gasteiger partial charge in [-0.2, -0.15) is 0 Å². The summed E-state index contributed by atoms with van der Waals surface area (Å²) in [6.07, 6.45) is 4.86. The molecule has 0 bridgehead atoms. The van der Waals surface area contributed by atoms with Crippen molar-refractivity contribution in [3.05, 3.63) is 21.3 Å². The normalized spacial score (nSPS) is 15.5. The highest BCUT2D eigenvalue weighted by Gasteiger charge is 2.30. The van der Waals surface area contributed by atoms with Gasteiger partial charge < -0.3 is 0 Å². The number of thiophene rings is 1. The Morgan fingerprint density at radius 2 is 2.29 bits per heavy atom. The molecule has 17 heavy (non-hydrogen) atoms.